The number of halogens is 6. The first-order valence-electron chi connectivity index (χ1n) is 8.09. The van der Waals surface area contributed by atoms with Crippen molar-refractivity contribution < 1.29 is 40.7 Å². The third-order valence-corrected chi connectivity index (χ3v) is 4.04. The largest absolute Gasteiger partial charge is 0.435 e. The van der Waals surface area contributed by atoms with Gasteiger partial charge in [-0.1, -0.05) is 30.3 Å². The van der Waals surface area contributed by atoms with E-state index in [9.17, 15) is 35.9 Å². The molecule has 0 aromatic heterocycles. The van der Waals surface area contributed by atoms with Gasteiger partial charge in [0, 0.05) is 12.0 Å². The highest BCUT2D eigenvalue weighted by molar-refractivity contribution is 6.03. The summed E-state index contributed by atoms with van der Waals surface area (Å²) in [5.41, 5.74) is -0.922. The number of ether oxygens (including phenoxy) is 1. The quantitative estimate of drug-likeness (QED) is 0.548. The molecule has 4 nitrogen and oxygen atoms in total. The van der Waals surface area contributed by atoms with Gasteiger partial charge in [0.1, 0.15) is 0 Å². The number of benzene rings is 2. The van der Waals surface area contributed by atoms with Crippen molar-refractivity contribution in [2.75, 3.05) is 0 Å². The Bertz CT molecular complexity index is 876. The lowest BCUT2D eigenvalue weighted by Crippen LogP contribution is -2.44. The topological polar surface area (TPSA) is 69.4 Å². The molecule has 10 heteroatoms. The summed E-state index contributed by atoms with van der Waals surface area (Å²) >= 11 is 0. The van der Waals surface area contributed by atoms with Gasteiger partial charge in [0.2, 0.25) is 5.78 Å². The third-order valence-electron chi connectivity index (χ3n) is 4.04. The number of ketones is 1. The Balaban J connectivity index is 2.59. The van der Waals surface area contributed by atoms with Crippen LogP contribution in [0.5, 0.6) is 0 Å². The number of carbonyl (C=O) groups excluding carboxylic acids is 2. The van der Waals surface area contributed by atoms with Gasteiger partial charge in [-0.05, 0) is 30.7 Å². The molecule has 0 bridgehead atoms. The van der Waals surface area contributed by atoms with Crippen molar-refractivity contribution in [3.63, 3.8) is 0 Å². The van der Waals surface area contributed by atoms with E-state index in [-0.39, 0.29) is 24.6 Å². The molecule has 2 rings (SSSR count). The van der Waals surface area contributed by atoms with Crippen molar-refractivity contribution in [1.82, 2.24) is 0 Å². The molecule has 0 heterocycles. The smallest absolute Gasteiger partial charge is 0.416 e. The Morgan fingerprint density at radius 1 is 0.897 bits per heavy atom. The fourth-order valence-corrected chi connectivity index (χ4v) is 2.76. The minimum atomic E-state index is -5.13. The number of rotatable bonds is 5. The molecule has 0 aliphatic carbocycles. The highest BCUT2D eigenvalue weighted by Gasteiger charge is 2.42. The van der Waals surface area contributed by atoms with E-state index in [0.717, 1.165) is 6.92 Å². The number of nitrogens with two attached hydrogens (primary N) is 1. The van der Waals surface area contributed by atoms with Gasteiger partial charge in [-0.25, -0.2) is 4.79 Å². The Morgan fingerprint density at radius 2 is 1.38 bits per heavy atom. The lowest BCUT2D eigenvalue weighted by Gasteiger charge is -2.28. The van der Waals surface area contributed by atoms with Crippen LogP contribution in [0.15, 0.2) is 48.5 Å². The summed E-state index contributed by atoms with van der Waals surface area (Å²) in [5.74, 6) is -1.25. The van der Waals surface area contributed by atoms with E-state index in [0.29, 0.717) is 5.56 Å². The molecule has 0 aliphatic heterocycles. The number of hydrogen-bond donors (Lipinski definition) is 1. The van der Waals surface area contributed by atoms with E-state index in [1.165, 1.54) is 0 Å². The molecule has 0 aliphatic rings. The first kappa shape index (κ1) is 22.3. The number of alkyl halides is 6. The molecule has 0 spiro atoms. The van der Waals surface area contributed by atoms with E-state index in [2.05, 4.69) is 0 Å². The average molecular weight is 419 g/mol. The van der Waals surface area contributed by atoms with E-state index in [1.54, 1.807) is 30.3 Å². The molecular weight excluding hydrogens is 404 g/mol. The molecule has 1 amide bonds. The SMILES string of the molecule is CC(Cc1ccccc1)(OC(N)=O)C(=O)c1cc(C(F)(F)F)cc(C(F)(F)F)c1. The van der Waals surface area contributed by atoms with Crippen LogP contribution in [-0.2, 0) is 23.5 Å². The number of Topliss-reactive ketones (excluding diaryl/α,β-unsaturated/α-hetero) is 1. The maximum atomic E-state index is 13.1. The van der Waals surface area contributed by atoms with Crippen molar-refractivity contribution >= 4 is 11.9 Å². The van der Waals surface area contributed by atoms with Crippen LogP contribution in [0.1, 0.15) is 34.0 Å². The summed E-state index contributed by atoms with van der Waals surface area (Å²) in [4.78, 5) is 24.2. The molecule has 2 N–H and O–H groups in total. The molecule has 0 radical (unpaired) electrons. The van der Waals surface area contributed by atoms with Crippen molar-refractivity contribution in [2.45, 2.75) is 31.3 Å². The van der Waals surface area contributed by atoms with E-state index >= 15 is 0 Å². The van der Waals surface area contributed by atoms with Gasteiger partial charge in [0.25, 0.3) is 0 Å². The van der Waals surface area contributed by atoms with Crippen LogP contribution in [0.2, 0.25) is 0 Å². The highest BCUT2D eigenvalue weighted by atomic mass is 19.4. The van der Waals surface area contributed by atoms with Gasteiger partial charge in [-0.2, -0.15) is 26.3 Å². The molecular formula is C19H15F6NO3. The van der Waals surface area contributed by atoms with Gasteiger partial charge in [-0.15, -0.1) is 0 Å². The van der Waals surface area contributed by atoms with Crippen molar-refractivity contribution in [3.05, 3.63) is 70.8 Å². The summed E-state index contributed by atoms with van der Waals surface area (Å²) in [6.07, 6.45) is -12.0. The zero-order chi connectivity index (χ0) is 22.0. The lowest BCUT2D eigenvalue weighted by molar-refractivity contribution is -0.143. The molecule has 29 heavy (non-hydrogen) atoms. The predicted molar refractivity (Wildman–Crippen MR) is 90.0 cm³/mol. The van der Waals surface area contributed by atoms with Crippen LogP contribution < -0.4 is 5.73 Å². The van der Waals surface area contributed by atoms with Crippen LogP contribution in [0.4, 0.5) is 31.1 Å². The Morgan fingerprint density at radius 3 is 1.79 bits per heavy atom. The van der Waals surface area contributed by atoms with Gasteiger partial charge in [-0.3, -0.25) is 4.79 Å². The predicted octanol–water partition coefficient (Wildman–Crippen LogP) is 5.00. The lowest BCUT2D eigenvalue weighted by atomic mass is 9.87. The average Bonchev–Trinajstić information content (AvgIpc) is 2.59. The third kappa shape index (κ3) is 5.49. The molecule has 2 aromatic rings. The van der Waals surface area contributed by atoms with Crippen molar-refractivity contribution in [3.8, 4) is 0 Å². The van der Waals surface area contributed by atoms with Crippen molar-refractivity contribution in [2.24, 2.45) is 5.73 Å². The maximum absolute atomic E-state index is 13.1. The van der Waals surface area contributed by atoms with E-state index in [1.807, 2.05) is 0 Å². The molecule has 0 saturated carbocycles. The molecule has 0 fully saturated rings. The number of hydrogen-bond acceptors (Lipinski definition) is 3. The normalized spacial score (nSPS) is 14.2. The van der Waals surface area contributed by atoms with Gasteiger partial charge in [0.05, 0.1) is 11.1 Å². The zero-order valence-corrected chi connectivity index (χ0v) is 14.9. The molecule has 2 aromatic carbocycles. The van der Waals surface area contributed by atoms with Crippen LogP contribution in [0.3, 0.4) is 0 Å². The van der Waals surface area contributed by atoms with E-state index in [4.69, 9.17) is 10.5 Å². The number of amides is 1. The summed E-state index contributed by atoms with van der Waals surface area (Å²) in [7, 11) is 0. The first-order valence-corrected chi connectivity index (χ1v) is 8.09. The van der Waals surface area contributed by atoms with Gasteiger partial charge < -0.3 is 10.5 Å². The Hall–Kier alpha value is -3.04. The zero-order valence-electron chi connectivity index (χ0n) is 14.9. The monoisotopic (exact) mass is 419 g/mol. The molecule has 1 unspecified atom stereocenters. The van der Waals surface area contributed by atoms with Crippen LogP contribution >= 0.6 is 0 Å². The summed E-state index contributed by atoms with van der Waals surface area (Å²) in [6, 6.07) is 8.40. The fraction of sp³-hybridized carbons (Fsp3) is 0.263. The molecule has 156 valence electrons. The van der Waals surface area contributed by atoms with Gasteiger partial charge in [0.15, 0.2) is 5.60 Å². The summed E-state index contributed by atoms with van der Waals surface area (Å²) in [5, 5.41) is 0. The van der Waals surface area contributed by atoms with Crippen molar-refractivity contribution in [1.29, 1.82) is 0 Å². The Kier molecular flexibility index (Phi) is 5.96. The minimum absolute atomic E-state index is 0.0970. The van der Waals surface area contributed by atoms with Crippen LogP contribution in [0.25, 0.3) is 0 Å². The molecule has 0 saturated heterocycles. The van der Waals surface area contributed by atoms with Gasteiger partial charge >= 0.3 is 18.4 Å². The fourth-order valence-electron chi connectivity index (χ4n) is 2.76. The van der Waals surface area contributed by atoms with E-state index < -0.39 is 46.5 Å². The standard InChI is InChI=1S/C19H15F6NO3/c1-17(29-16(26)28,10-11-5-3-2-4-6-11)15(27)12-7-13(18(20,21)22)9-14(8-12)19(23,24)25/h2-9H,10H2,1H3,(H2,26,28). The first-order chi connectivity index (χ1) is 13.2. The number of carbonyl (C=O) groups is 2. The second-order valence-electron chi connectivity index (χ2n) is 6.44. The second kappa shape index (κ2) is 7.76. The Labute approximate surface area is 161 Å². The maximum Gasteiger partial charge on any atom is 0.416 e. The number of primary amides is 1. The molecule has 1 atom stereocenters. The van der Waals surface area contributed by atoms with Crippen LogP contribution in [0, 0.1) is 0 Å². The minimum Gasteiger partial charge on any atom is -0.435 e. The summed E-state index contributed by atoms with van der Waals surface area (Å²) in [6.45, 7) is 1.07. The highest BCUT2D eigenvalue weighted by Crippen LogP contribution is 2.37. The summed E-state index contributed by atoms with van der Waals surface area (Å²) < 4.78 is 83.2. The van der Waals surface area contributed by atoms with Crippen LogP contribution in [-0.4, -0.2) is 17.5 Å². The second-order valence-corrected chi connectivity index (χ2v) is 6.44.